The van der Waals surface area contributed by atoms with Gasteiger partial charge in [0.25, 0.3) is 0 Å². The number of aromatic carboxylic acids is 2. The summed E-state index contributed by atoms with van der Waals surface area (Å²) in [6, 6.07) is 11.6. The van der Waals surface area contributed by atoms with E-state index in [0.717, 1.165) is 0 Å². The molecular weight excluding hydrogens is 376 g/mol. The van der Waals surface area contributed by atoms with Crippen LogP contribution in [0.2, 0.25) is 0 Å². The van der Waals surface area contributed by atoms with Crippen LogP contribution in [0.25, 0.3) is 0 Å². The minimum absolute atomic E-state index is 0. The minimum atomic E-state index is -1.11. The molecule has 0 unspecified atom stereocenters. The number of rotatable bonds is 2. The third-order valence-electron chi connectivity index (χ3n) is 2.27. The first-order chi connectivity index (χ1) is 11.4. The van der Waals surface area contributed by atoms with Gasteiger partial charge in [0.15, 0.2) is 0 Å². The molecule has 0 heterocycles. The Labute approximate surface area is 195 Å². The summed E-state index contributed by atoms with van der Waals surface area (Å²) in [7, 11) is 0. The molecule has 0 saturated heterocycles. The molecule has 0 fully saturated rings. The van der Waals surface area contributed by atoms with E-state index in [1.54, 1.807) is 24.3 Å². The Morgan fingerprint density at radius 3 is 1.04 bits per heavy atom. The Kier molecular flexibility index (Phi) is 29.9. The molecule has 6 nitrogen and oxygen atoms in total. The molecule has 2 aromatic rings. The zero-order valence-corrected chi connectivity index (χ0v) is 17.1. The molecule has 0 aliphatic carbocycles. The van der Waals surface area contributed by atoms with E-state index in [9.17, 15) is 9.59 Å². The normalized spacial score (nSPS) is 7.26. The van der Waals surface area contributed by atoms with Gasteiger partial charge in [0.1, 0.15) is 22.6 Å². The van der Waals surface area contributed by atoms with Gasteiger partial charge < -0.3 is 23.3 Å². The van der Waals surface area contributed by atoms with E-state index in [2.05, 4.69) is 0 Å². The molecule has 7 heteroatoms. The Balaban J connectivity index is -0.0000000496. The van der Waals surface area contributed by atoms with Crippen molar-refractivity contribution in [2.45, 2.75) is 42.5 Å². The van der Waals surface area contributed by atoms with Gasteiger partial charge in [-0.05, 0) is 24.3 Å². The van der Waals surface area contributed by atoms with Crippen LogP contribution < -0.4 is 0 Å². The van der Waals surface area contributed by atoms with Crippen molar-refractivity contribution in [1.82, 2.24) is 0 Å². The van der Waals surface area contributed by atoms with Crippen molar-refractivity contribution in [2.75, 3.05) is 0 Å². The molecule has 0 aliphatic heterocycles. The van der Waals surface area contributed by atoms with Crippen LogP contribution in [0.15, 0.2) is 48.5 Å². The second-order valence-corrected chi connectivity index (χ2v) is 3.64. The molecule has 152 valence electrons. The van der Waals surface area contributed by atoms with Gasteiger partial charge in [0.05, 0.1) is 0 Å². The van der Waals surface area contributed by atoms with Gasteiger partial charge in [-0.2, -0.15) is 0 Å². The topological polar surface area (TPSA) is 115 Å². The van der Waals surface area contributed by atoms with Crippen LogP contribution in [0.5, 0.6) is 11.5 Å². The SMILES string of the molecule is C.C.CC.CC.O=C(O)c1ccccc1O.O=C(O)c1ccccc1O.[Ca+2].[H-].[H-]. The predicted octanol–water partition coefficient (Wildman–Crippen LogP) is 5.35. The van der Waals surface area contributed by atoms with Crippen LogP contribution in [0, 0.1) is 0 Å². The minimum Gasteiger partial charge on any atom is -1.00 e. The molecule has 0 atom stereocenters. The second-order valence-electron chi connectivity index (χ2n) is 3.64. The van der Waals surface area contributed by atoms with E-state index in [1.165, 1.54) is 24.3 Å². The van der Waals surface area contributed by atoms with Crippen LogP contribution in [0.4, 0.5) is 0 Å². The van der Waals surface area contributed by atoms with Crippen LogP contribution in [0.1, 0.15) is 66.1 Å². The molecule has 0 radical (unpaired) electrons. The molecule has 0 spiro atoms. The van der Waals surface area contributed by atoms with Gasteiger partial charge >= 0.3 is 49.7 Å². The van der Waals surface area contributed by atoms with Gasteiger partial charge in [-0.25, -0.2) is 9.59 Å². The largest absolute Gasteiger partial charge is 2.00 e. The molecular formula is C20H34CaO6. The fourth-order valence-corrected chi connectivity index (χ4v) is 1.31. The van der Waals surface area contributed by atoms with Crippen LogP contribution in [-0.2, 0) is 0 Å². The number of aromatic hydroxyl groups is 2. The molecule has 0 aromatic heterocycles. The van der Waals surface area contributed by atoms with Gasteiger partial charge in [-0.3, -0.25) is 0 Å². The smallest absolute Gasteiger partial charge is 1.00 e. The Hall–Kier alpha value is -1.76. The molecule has 0 aliphatic rings. The number of para-hydroxylation sites is 2. The van der Waals surface area contributed by atoms with Crippen molar-refractivity contribution in [1.29, 1.82) is 0 Å². The summed E-state index contributed by atoms with van der Waals surface area (Å²) >= 11 is 0. The third kappa shape index (κ3) is 15.0. The first-order valence-electron chi connectivity index (χ1n) is 7.46. The van der Waals surface area contributed by atoms with Gasteiger partial charge in [0.2, 0.25) is 0 Å². The quantitative estimate of drug-likeness (QED) is 0.496. The van der Waals surface area contributed by atoms with E-state index in [-0.39, 0.29) is 78.1 Å². The van der Waals surface area contributed by atoms with Crippen molar-refractivity contribution >= 4 is 49.7 Å². The number of hydrogen-bond acceptors (Lipinski definition) is 4. The number of carboxylic acid groups (broad SMARTS) is 2. The number of carbonyl (C=O) groups is 2. The first kappa shape index (κ1) is 36.2. The fraction of sp³-hybridized carbons (Fsp3) is 0.300. The summed E-state index contributed by atoms with van der Waals surface area (Å²) in [5.74, 6) is -2.62. The van der Waals surface area contributed by atoms with Crippen molar-refractivity contribution < 1.29 is 32.9 Å². The maximum absolute atomic E-state index is 10.3. The van der Waals surface area contributed by atoms with E-state index in [4.69, 9.17) is 20.4 Å². The molecule has 0 saturated carbocycles. The number of benzene rings is 2. The molecule has 2 aromatic carbocycles. The summed E-state index contributed by atoms with van der Waals surface area (Å²) in [6.07, 6.45) is 0. The van der Waals surface area contributed by atoms with Crippen LogP contribution in [-0.4, -0.2) is 70.1 Å². The Morgan fingerprint density at radius 1 is 0.667 bits per heavy atom. The molecule has 0 bridgehead atoms. The number of hydrogen-bond donors (Lipinski definition) is 4. The Bertz CT molecular complexity index is 584. The van der Waals surface area contributed by atoms with Crippen molar-refractivity contribution in [3.05, 3.63) is 59.7 Å². The van der Waals surface area contributed by atoms with E-state index < -0.39 is 11.9 Å². The van der Waals surface area contributed by atoms with Gasteiger partial charge in [-0.1, -0.05) is 66.8 Å². The van der Waals surface area contributed by atoms with Gasteiger partial charge in [0, 0.05) is 0 Å². The summed E-state index contributed by atoms with van der Waals surface area (Å²) in [5.41, 5.74) is -0.134. The standard InChI is InChI=1S/2C7H6O3.2C2H6.2CH4.Ca.2H/c2*8-6-4-2-1-3-5(6)7(9)10;2*1-2;;;;;/h2*1-4,8H,(H,9,10);2*1-2H3;2*1H4;;;/q;;;;;;+2;2*-1. The number of carboxylic acids is 2. The monoisotopic (exact) mass is 410 g/mol. The van der Waals surface area contributed by atoms with Crippen molar-refractivity contribution in [3.8, 4) is 11.5 Å². The summed E-state index contributed by atoms with van der Waals surface area (Å²) < 4.78 is 0. The summed E-state index contributed by atoms with van der Waals surface area (Å²) in [6.45, 7) is 8.00. The molecule has 4 N–H and O–H groups in total. The Morgan fingerprint density at radius 2 is 0.889 bits per heavy atom. The van der Waals surface area contributed by atoms with Crippen LogP contribution in [0.3, 0.4) is 0 Å². The maximum Gasteiger partial charge on any atom is 2.00 e. The van der Waals surface area contributed by atoms with Crippen molar-refractivity contribution in [3.63, 3.8) is 0 Å². The second kappa shape index (κ2) is 22.3. The van der Waals surface area contributed by atoms with E-state index >= 15 is 0 Å². The van der Waals surface area contributed by atoms with Crippen LogP contribution >= 0.6 is 0 Å². The first-order valence-corrected chi connectivity index (χ1v) is 7.46. The van der Waals surface area contributed by atoms with Crippen molar-refractivity contribution in [2.24, 2.45) is 0 Å². The maximum atomic E-state index is 10.3. The van der Waals surface area contributed by atoms with Gasteiger partial charge in [-0.15, -0.1) is 0 Å². The third-order valence-corrected chi connectivity index (χ3v) is 2.27. The van der Waals surface area contributed by atoms with E-state index in [0.29, 0.717) is 0 Å². The average Bonchev–Trinajstić information content (AvgIpc) is 2.59. The molecule has 0 amide bonds. The zero-order valence-electron chi connectivity index (χ0n) is 16.9. The van der Waals surface area contributed by atoms with E-state index in [1.807, 2.05) is 27.7 Å². The molecule has 2 rings (SSSR count). The zero-order chi connectivity index (χ0) is 19.1. The molecule has 27 heavy (non-hydrogen) atoms. The average molecular weight is 411 g/mol. The number of phenols is 2. The fourth-order valence-electron chi connectivity index (χ4n) is 1.31. The predicted molar refractivity (Wildman–Crippen MR) is 114 cm³/mol. The summed E-state index contributed by atoms with van der Waals surface area (Å²) in [5, 5.41) is 34.6. The summed E-state index contributed by atoms with van der Waals surface area (Å²) in [4.78, 5) is 20.5.